The summed E-state index contributed by atoms with van der Waals surface area (Å²) in [5.41, 5.74) is 0. The number of nitrogens with zero attached hydrogens (tertiary/aromatic N) is 2. The van der Waals surface area contributed by atoms with Crippen LogP contribution in [-0.2, 0) is 0 Å². The normalized spacial score (nSPS) is 12.8. The van der Waals surface area contributed by atoms with Gasteiger partial charge in [-0.25, -0.2) is 9.97 Å². The minimum Gasteiger partial charge on any atom is -0.353 e. The van der Waals surface area contributed by atoms with Crippen LogP contribution in [0.25, 0.3) is 0 Å². The monoisotopic (exact) mass is 261 g/mol. The molecule has 1 aromatic heterocycles. The van der Waals surface area contributed by atoms with Crippen molar-refractivity contribution in [3.63, 3.8) is 0 Å². The van der Waals surface area contributed by atoms with Gasteiger partial charge in [-0.05, 0) is 5.92 Å². The molecule has 1 N–H and O–H groups in total. The number of rotatable bonds is 6. The largest absolute Gasteiger partial charge is 0.353 e. The third-order valence-corrected chi connectivity index (χ3v) is 3.34. The maximum absolute atomic E-state index is 6.28. The number of halogens is 2. The van der Waals surface area contributed by atoms with Gasteiger partial charge in [-0.2, -0.15) is 0 Å². The van der Waals surface area contributed by atoms with Gasteiger partial charge >= 0.3 is 0 Å². The Hall–Kier alpha value is -0.540. The summed E-state index contributed by atoms with van der Waals surface area (Å²) in [5.74, 6) is 1.10. The third-order valence-electron chi connectivity index (χ3n) is 2.64. The lowest BCUT2D eigenvalue weighted by Gasteiger charge is -2.19. The summed E-state index contributed by atoms with van der Waals surface area (Å²) in [6.45, 7) is 4.99. The summed E-state index contributed by atoms with van der Waals surface area (Å²) < 4.78 is 0. The summed E-state index contributed by atoms with van der Waals surface area (Å²) in [6.07, 6.45) is 5.32. The molecule has 0 bridgehead atoms. The fourth-order valence-corrected chi connectivity index (χ4v) is 2.09. The summed E-state index contributed by atoms with van der Waals surface area (Å²) in [6, 6.07) is 0. The van der Waals surface area contributed by atoms with Crippen LogP contribution >= 0.6 is 23.2 Å². The minimum absolute atomic E-state index is 0.106. The topological polar surface area (TPSA) is 37.8 Å². The van der Waals surface area contributed by atoms with Gasteiger partial charge in [-0.3, -0.25) is 0 Å². The fourth-order valence-electron chi connectivity index (χ4n) is 1.56. The van der Waals surface area contributed by atoms with E-state index in [9.17, 15) is 0 Å². The maximum atomic E-state index is 6.28. The predicted octanol–water partition coefficient (Wildman–Crippen LogP) is 3.59. The van der Waals surface area contributed by atoms with E-state index in [-0.39, 0.29) is 5.38 Å². The van der Waals surface area contributed by atoms with Gasteiger partial charge in [0.15, 0.2) is 0 Å². The predicted molar refractivity (Wildman–Crippen MR) is 69.2 cm³/mol. The van der Waals surface area contributed by atoms with Crippen molar-refractivity contribution >= 4 is 29.2 Å². The van der Waals surface area contributed by atoms with Crippen molar-refractivity contribution in [3.05, 3.63) is 17.4 Å². The number of hydrogen-bond acceptors (Lipinski definition) is 3. The Morgan fingerprint density at radius 3 is 2.31 bits per heavy atom. The second-order valence-corrected chi connectivity index (χ2v) is 4.70. The number of anilines is 1. The molecule has 90 valence electrons. The highest BCUT2D eigenvalue weighted by atomic mass is 35.5. The van der Waals surface area contributed by atoms with E-state index in [0.717, 1.165) is 12.8 Å². The molecule has 0 amide bonds. The van der Waals surface area contributed by atoms with Gasteiger partial charge in [-0.1, -0.05) is 38.3 Å². The molecule has 0 saturated carbocycles. The Balaban J connectivity index is 2.42. The van der Waals surface area contributed by atoms with E-state index >= 15 is 0 Å². The Kier molecular flexibility index (Phi) is 5.85. The quantitative estimate of drug-likeness (QED) is 0.796. The zero-order chi connectivity index (χ0) is 12.0. The van der Waals surface area contributed by atoms with Crippen molar-refractivity contribution < 1.29 is 0 Å². The Morgan fingerprint density at radius 1 is 1.25 bits per heavy atom. The SMILES string of the molecule is CCC(CC)C(Cl)CNc1ncc(Cl)cn1. The summed E-state index contributed by atoms with van der Waals surface area (Å²) in [5, 5.41) is 3.75. The van der Waals surface area contributed by atoms with Crippen molar-refractivity contribution in [2.45, 2.75) is 32.1 Å². The second kappa shape index (κ2) is 6.92. The van der Waals surface area contributed by atoms with Crippen LogP contribution in [-0.4, -0.2) is 21.9 Å². The van der Waals surface area contributed by atoms with Crippen LogP contribution in [0, 0.1) is 5.92 Å². The van der Waals surface area contributed by atoms with Crippen molar-refractivity contribution in [3.8, 4) is 0 Å². The van der Waals surface area contributed by atoms with Crippen molar-refractivity contribution in [1.29, 1.82) is 0 Å². The standard InChI is InChI=1S/C11H17Cl2N3/c1-3-8(4-2)10(13)7-16-11-14-5-9(12)6-15-11/h5-6,8,10H,3-4,7H2,1-2H3,(H,14,15,16). The molecule has 0 fully saturated rings. The first-order valence-electron chi connectivity index (χ1n) is 5.52. The lowest BCUT2D eigenvalue weighted by molar-refractivity contribution is 0.475. The zero-order valence-corrected chi connectivity index (χ0v) is 11.1. The van der Waals surface area contributed by atoms with Crippen LogP contribution < -0.4 is 5.32 Å². The molecule has 0 aromatic carbocycles. The van der Waals surface area contributed by atoms with Crippen molar-refractivity contribution in [1.82, 2.24) is 9.97 Å². The maximum Gasteiger partial charge on any atom is 0.222 e. The molecule has 5 heteroatoms. The first-order chi connectivity index (χ1) is 7.67. The van der Waals surface area contributed by atoms with Gasteiger partial charge in [0.05, 0.1) is 22.8 Å². The Labute approximate surface area is 107 Å². The molecule has 1 rings (SSSR count). The lowest BCUT2D eigenvalue weighted by atomic mass is 9.99. The van der Waals surface area contributed by atoms with E-state index in [0.29, 0.717) is 23.4 Å². The summed E-state index contributed by atoms with van der Waals surface area (Å²) in [7, 11) is 0. The molecule has 1 atom stereocenters. The second-order valence-electron chi connectivity index (χ2n) is 3.70. The Morgan fingerprint density at radius 2 is 1.81 bits per heavy atom. The van der Waals surface area contributed by atoms with Crippen LogP contribution in [0.1, 0.15) is 26.7 Å². The molecule has 1 unspecified atom stereocenters. The molecule has 0 aliphatic carbocycles. The van der Waals surface area contributed by atoms with E-state index in [1.807, 2.05) is 0 Å². The molecule has 0 spiro atoms. The van der Waals surface area contributed by atoms with Gasteiger partial charge in [0.25, 0.3) is 0 Å². The minimum atomic E-state index is 0.106. The van der Waals surface area contributed by atoms with E-state index in [1.54, 1.807) is 12.4 Å². The fraction of sp³-hybridized carbons (Fsp3) is 0.636. The third kappa shape index (κ3) is 4.14. The highest BCUT2D eigenvalue weighted by Crippen LogP contribution is 2.18. The van der Waals surface area contributed by atoms with E-state index in [2.05, 4.69) is 29.1 Å². The smallest absolute Gasteiger partial charge is 0.222 e. The zero-order valence-electron chi connectivity index (χ0n) is 9.58. The molecular formula is C11H17Cl2N3. The molecule has 3 nitrogen and oxygen atoms in total. The van der Waals surface area contributed by atoms with Crippen LogP contribution in [0.15, 0.2) is 12.4 Å². The first-order valence-corrected chi connectivity index (χ1v) is 6.34. The number of alkyl halides is 1. The molecule has 0 aliphatic heterocycles. The number of hydrogen-bond donors (Lipinski definition) is 1. The van der Waals surface area contributed by atoms with Gasteiger partial charge in [0, 0.05) is 6.54 Å². The summed E-state index contributed by atoms with van der Waals surface area (Å²) >= 11 is 12.0. The van der Waals surface area contributed by atoms with Crippen molar-refractivity contribution in [2.24, 2.45) is 5.92 Å². The van der Waals surface area contributed by atoms with Crippen LogP contribution in [0.3, 0.4) is 0 Å². The van der Waals surface area contributed by atoms with Gasteiger partial charge in [0.2, 0.25) is 5.95 Å². The molecule has 0 radical (unpaired) electrons. The van der Waals surface area contributed by atoms with Crippen LogP contribution in [0.4, 0.5) is 5.95 Å². The molecule has 1 heterocycles. The summed E-state index contributed by atoms with van der Waals surface area (Å²) in [4.78, 5) is 8.10. The highest BCUT2D eigenvalue weighted by molar-refractivity contribution is 6.30. The lowest BCUT2D eigenvalue weighted by Crippen LogP contribution is -2.23. The molecule has 0 saturated heterocycles. The van der Waals surface area contributed by atoms with E-state index < -0.39 is 0 Å². The number of nitrogens with one attached hydrogen (secondary N) is 1. The molecular weight excluding hydrogens is 245 g/mol. The van der Waals surface area contributed by atoms with Crippen LogP contribution in [0.5, 0.6) is 0 Å². The van der Waals surface area contributed by atoms with Gasteiger partial charge in [0.1, 0.15) is 0 Å². The van der Waals surface area contributed by atoms with Gasteiger partial charge < -0.3 is 5.32 Å². The Bertz CT molecular complexity index is 299. The van der Waals surface area contributed by atoms with E-state index in [1.165, 1.54) is 0 Å². The molecule has 1 aromatic rings. The molecule has 0 aliphatic rings. The van der Waals surface area contributed by atoms with Gasteiger partial charge in [-0.15, -0.1) is 11.6 Å². The number of aromatic nitrogens is 2. The van der Waals surface area contributed by atoms with Crippen LogP contribution in [0.2, 0.25) is 5.02 Å². The first kappa shape index (κ1) is 13.5. The highest BCUT2D eigenvalue weighted by Gasteiger charge is 2.15. The van der Waals surface area contributed by atoms with Crippen molar-refractivity contribution in [2.75, 3.05) is 11.9 Å². The average molecular weight is 262 g/mol. The molecule has 16 heavy (non-hydrogen) atoms. The average Bonchev–Trinajstić information content (AvgIpc) is 2.30. The van der Waals surface area contributed by atoms with E-state index in [4.69, 9.17) is 23.2 Å².